The summed E-state index contributed by atoms with van der Waals surface area (Å²) in [6.07, 6.45) is 5.30. The molecule has 1 aromatic carbocycles. The average molecular weight is 651 g/mol. The fourth-order valence-electron chi connectivity index (χ4n) is 4.25. The third-order valence-corrected chi connectivity index (χ3v) is 12.1. The normalized spacial score (nSPS) is 27.1. The summed E-state index contributed by atoms with van der Waals surface area (Å²) in [6.45, 7) is 0.661. The number of benzene rings is 1. The van der Waals surface area contributed by atoms with E-state index in [2.05, 4.69) is 31.9 Å². The lowest BCUT2D eigenvalue weighted by atomic mass is 10.0. The van der Waals surface area contributed by atoms with E-state index >= 15 is 0 Å². The zero-order valence-corrected chi connectivity index (χ0v) is 22.9. The Kier molecular flexibility index (Phi) is 7.25. The Hall–Kier alpha value is 0.0200. The van der Waals surface area contributed by atoms with Gasteiger partial charge < -0.3 is 4.74 Å². The highest BCUT2D eigenvalue weighted by Crippen LogP contribution is 2.41. The Morgan fingerprint density at radius 2 is 1.78 bits per heavy atom. The first-order valence-electron chi connectivity index (χ1n) is 9.78. The lowest BCUT2D eigenvalue weighted by Gasteiger charge is -2.43. The van der Waals surface area contributed by atoms with Gasteiger partial charge in [-0.15, -0.1) is 11.6 Å². The molecule has 13 heteroatoms. The van der Waals surface area contributed by atoms with Crippen molar-refractivity contribution in [2.45, 2.75) is 34.1 Å². The summed E-state index contributed by atoms with van der Waals surface area (Å²) >= 11 is 19.1. The van der Waals surface area contributed by atoms with Gasteiger partial charge in [-0.25, -0.2) is 16.8 Å². The molecule has 0 bridgehead atoms. The molecular weight excluding hydrogens is 631 g/mol. The summed E-state index contributed by atoms with van der Waals surface area (Å²) < 4.78 is 63.2. The van der Waals surface area contributed by atoms with Gasteiger partial charge in [-0.3, -0.25) is 0 Å². The number of nitrogens with zero attached hydrogens (tertiary/aromatic N) is 2. The van der Waals surface area contributed by atoms with Crippen LogP contribution in [0, 0.1) is 0 Å². The predicted octanol–water partition coefficient (Wildman–Crippen LogP) is 4.07. The van der Waals surface area contributed by atoms with Crippen LogP contribution in [0.25, 0.3) is 0 Å². The summed E-state index contributed by atoms with van der Waals surface area (Å²) in [5.41, 5.74) is -1.09. The van der Waals surface area contributed by atoms with Crippen LogP contribution in [-0.4, -0.2) is 68.0 Å². The van der Waals surface area contributed by atoms with Crippen molar-refractivity contribution in [3.63, 3.8) is 0 Å². The van der Waals surface area contributed by atoms with E-state index in [1.54, 1.807) is 24.3 Å². The first-order valence-corrected chi connectivity index (χ1v) is 15.1. The molecule has 0 N–H and O–H groups in total. The van der Waals surface area contributed by atoms with E-state index in [9.17, 15) is 16.8 Å². The van der Waals surface area contributed by atoms with Gasteiger partial charge in [0.2, 0.25) is 20.0 Å². The van der Waals surface area contributed by atoms with E-state index in [-0.39, 0.29) is 49.0 Å². The van der Waals surface area contributed by atoms with E-state index in [0.717, 1.165) is 4.48 Å². The number of rotatable bonds is 4. The summed E-state index contributed by atoms with van der Waals surface area (Å²) in [5.74, 6) is 0. The minimum absolute atomic E-state index is 0.0184. The second kappa shape index (κ2) is 9.23. The quantitative estimate of drug-likeness (QED) is 0.459. The van der Waals surface area contributed by atoms with Gasteiger partial charge in [-0.2, -0.15) is 8.61 Å². The fourth-order valence-corrected chi connectivity index (χ4v) is 9.91. The van der Waals surface area contributed by atoms with Gasteiger partial charge in [-0.05, 0) is 18.2 Å². The number of ether oxygens (including phenoxy) is 1. The molecule has 32 heavy (non-hydrogen) atoms. The fraction of sp³-hybridized carbons (Fsp3) is 0.474. The monoisotopic (exact) mass is 648 g/mol. The number of hydrogen-bond acceptors (Lipinski definition) is 5. The van der Waals surface area contributed by atoms with Crippen molar-refractivity contribution in [3.05, 3.63) is 50.4 Å². The van der Waals surface area contributed by atoms with Crippen molar-refractivity contribution in [1.82, 2.24) is 8.61 Å². The maximum atomic E-state index is 13.5. The van der Waals surface area contributed by atoms with Crippen LogP contribution in [-0.2, 0) is 24.8 Å². The lowest BCUT2D eigenvalue weighted by Crippen LogP contribution is -2.57. The number of halogens is 4. The molecule has 2 aliphatic heterocycles. The number of allylic oxidation sites excluding steroid dienone is 3. The van der Waals surface area contributed by atoms with Crippen molar-refractivity contribution >= 4 is 75.1 Å². The molecule has 3 aliphatic rings. The third kappa shape index (κ3) is 4.49. The van der Waals surface area contributed by atoms with E-state index in [1.807, 2.05) is 0 Å². The first-order chi connectivity index (χ1) is 15.0. The van der Waals surface area contributed by atoms with Crippen molar-refractivity contribution in [2.24, 2.45) is 0 Å². The molecule has 1 spiro atoms. The van der Waals surface area contributed by atoms with Gasteiger partial charge in [-0.1, -0.05) is 61.7 Å². The molecule has 2 unspecified atom stereocenters. The van der Waals surface area contributed by atoms with Crippen LogP contribution < -0.4 is 0 Å². The number of piperidine rings is 1. The molecule has 0 aromatic heterocycles. The van der Waals surface area contributed by atoms with Gasteiger partial charge in [0.05, 0.1) is 17.0 Å². The van der Waals surface area contributed by atoms with Gasteiger partial charge in [0.25, 0.3) is 0 Å². The molecule has 2 atom stereocenters. The average Bonchev–Trinajstić information content (AvgIpc) is 3.11. The molecule has 1 aromatic rings. The second-order valence-electron chi connectivity index (χ2n) is 7.71. The Labute approximate surface area is 214 Å². The van der Waals surface area contributed by atoms with E-state index in [1.165, 1.54) is 20.7 Å². The molecule has 0 saturated carbocycles. The third-order valence-electron chi connectivity index (χ3n) is 5.86. The Balaban J connectivity index is 1.55. The first kappa shape index (κ1) is 25.1. The van der Waals surface area contributed by atoms with Crippen LogP contribution in [0.4, 0.5) is 0 Å². The zero-order chi connectivity index (χ0) is 23.3. The maximum Gasteiger partial charge on any atom is 0.244 e. The van der Waals surface area contributed by atoms with Crippen LogP contribution in [0.3, 0.4) is 0 Å². The van der Waals surface area contributed by atoms with Gasteiger partial charge in [0, 0.05) is 41.4 Å². The van der Waals surface area contributed by atoms with Crippen LogP contribution in [0.5, 0.6) is 0 Å². The van der Waals surface area contributed by atoms with E-state index in [0.29, 0.717) is 4.47 Å². The Morgan fingerprint density at radius 1 is 1.09 bits per heavy atom. The second-order valence-corrected chi connectivity index (χ2v) is 14.4. The molecule has 176 valence electrons. The number of sulfonamides is 2. The minimum Gasteiger partial charge on any atom is -0.358 e. The topological polar surface area (TPSA) is 84.0 Å². The minimum atomic E-state index is -3.83. The van der Waals surface area contributed by atoms with Gasteiger partial charge in [0.15, 0.2) is 0 Å². The van der Waals surface area contributed by atoms with Gasteiger partial charge in [0.1, 0.15) is 15.9 Å². The molecule has 2 heterocycles. The molecule has 2 saturated heterocycles. The van der Waals surface area contributed by atoms with Crippen molar-refractivity contribution < 1.29 is 21.6 Å². The highest BCUT2D eigenvalue weighted by molar-refractivity contribution is 9.12. The smallest absolute Gasteiger partial charge is 0.244 e. The highest BCUT2D eigenvalue weighted by atomic mass is 79.9. The maximum absolute atomic E-state index is 13.5. The molecule has 0 radical (unpaired) electrons. The molecule has 1 aliphatic carbocycles. The van der Waals surface area contributed by atoms with E-state index < -0.39 is 36.4 Å². The van der Waals surface area contributed by atoms with Crippen LogP contribution in [0.15, 0.2) is 50.3 Å². The van der Waals surface area contributed by atoms with Gasteiger partial charge >= 0.3 is 0 Å². The Bertz CT molecular complexity index is 1180. The van der Waals surface area contributed by atoms with Crippen molar-refractivity contribution in [1.29, 1.82) is 0 Å². The zero-order valence-electron chi connectivity index (χ0n) is 16.6. The largest absolute Gasteiger partial charge is 0.358 e. The summed E-state index contributed by atoms with van der Waals surface area (Å²) in [7, 11) is -7.66. The molecule has 7 nitrogen and oxygen atoms in total. The molecule has 4 rings (SSSR count). The number of hydrogen-bond donors (Lipinski definition) is 0. The molecular formula is C19H20Br2Cl2N2O5S2. The summed E-state index contributed by atoms with van der Waals surface area (Å²) in [5, 5.41) is -1.53. The summed E-state index contributed by atoms with van der Waals surface area (Å²) in [4.78, 5) is 0.0184. The lowest BCUT2D eigenvalue weighted by molar-refractivity contribution is -0.0808. The van der Waals surface area contributed by atoms with E-state index in [4.69, 9.17) is 27.9 Å². The van der Waals surface area contributed by atoms with Crippen molar-refractivity contribution in [2.75, 3.05) is 26.2 Å². The predicted molar refractivity (Wildman–Crippen MR) is 131 cm³/mol. The standard InChI is InChI=1S/C19H20Br2Cl2N2O5S2/c20-13-1-3-17(15(22)11-13)31(26,27)24-7-5-19(6-8-24)25(9-10-30-19)32(28,29)18-4-2-14(21)12-16(18)23/h1-4,11-12,16,18H,5-10H2. The SMILES string of the molecule is O=S(=O)(c1ccc(Br)cc1Cl)N1CCC2(CC1)OCCN2S(=O)(=O)C1C=CC(Br)=CC1Cl. The highest BCUT2D eigenvalue weighted by Gasteiger charge is 2.53. The van der Waals surface area contributed by atoms with Crippen LogP contribution in [0.1, 0.15) is 12.8 Å². The van der Waals surface area contributed by atoms with Crippen molar-refractivity contribution in [3.8, 4) is 0 Å². The Morgan fingerprint density at radius 3 is 2.41 bits per heavy atom. The van der Waals surface area contributed by atoms with Crippen LogP contribution >= 0.6 is 55.1 Å². The number of alkyl halides is 1. The summed E-state index contributed by atoms with van der Waals surface area (Å²) in [6, 6.07) is 4.60. The molecule has 0 amide bonds. The molecule has 2 fully saturated rings. The van der Waals surface area contributed by atoms with Crippen LogP contribution in [0.2, 0.25) is 5.02 Å².